The van der Waals surface area contributed by atoms with Crippen LogP contribution in [0.1, 0.15) is 54.8 Å². The van der Waals surface area contributed by atoms with Crippen LogP contribution in [0.3, 0.4) is 0 Å². The fourth-order valence-electron chi connectivity index (χ4n) is 5.11. The molecule has 0 saturated heterocycles. The fourth-order valence-corrected chi connectivity index (χ4v) is 5.29. The molecule has 2 N–H and O–H groups in total. The van der Waals surface area contributed by atoms with Gasteiger partial charge in [0.15, 0.2) is 11.5 Å². The monoisotopic (exact) mass is 638 g/mol. The number of hydrogen-bond acceptors (Lipinski definition) is 8. The first-order valence-corrected chi connectivity index (χ1v) is 14.4. The van der Waals surface area contributed by atoms with Crippen LogP contribution in [0.15, 0.2) is 60.7 Å². The van der Waals surface area contributed by atoms with Gasteiger partial charge in [0.1, 0.15) is 12.2 Å². The van der Waals surface area contributed by atoms with E-state index in [1.807, 2.05) is 13.8 Å². The molecule has 0 unspecified atom stereocenters. The quantitative estimate of drug-likeness (QED) is 0.261. The predicted molar refractivity (Wildman–Crippen MR) is 167 cm³/mol. The maximum absolute atomic E-state index is 14.3. The third kappa shape index (κ3) is 7.92. The second-order valence-electron chi connectivity index (χ2n) is 11.3. The lowest BCUT2D eigenvalue weighted by molar-refractivity contribution is -0.144. The highest BCUT2D eigenvalue weighted by molar-refractivity contribution is 6.30. The second-order valence-corrected chi connectivity index (χ2v) is 11.7. The van der Waals surface area contributed by atoms with Crippen molar-refractivity contribution >= 4 is 46.7 Å². The highest BCUT2D eigenvalue weighted by Gasteiger charge is 2.41. The van der Waals surface area contributed by atoms with E-state index < -0.39 is 47.8 Å². The van der Waals surface area contributed by atoms with Gasteiger partial charge in [-0.05, 0) is 42.5 Å². The van der Waals surface area contributed by atoms with Gasteiger partial charge in [-0.1, -0.05) is 43.6 Å². The van der Waals surface area contributed by atoms with Crippen LogP contribution in [0.2, 0.25) is 5.02 Å². The van der Waals surface area contributed by atoms with E-state index in [-0.39, 0.29) is 24.4 Å². The van der Waals surface area contributed by atoms with Crippen molar-refractivity contribution in [2.45, 2.75) is 39.4 Å². The largest absolute Gasteiger partial charge is 0.493 e. The van der Waals surface area contributed by atoms with Gasteiger partial charge in [-0.2, -0.15) is 0 Å². The molecule has 2 atom stereocenters. The Balaban J connectivity index is 1.80. The molecule has 1 aliphatic heterocycles. The van der Waals surface area contributed by atoms with Crippen molar-refractivity contribution in [2.75, 3.05) is 37.6 Å². The zero-order chi connectivity index (χ0) is 32.9. The Morgan fingerprint density at radius 3 is 2.42 bits per heavy atom. The van der Waals surface area contributed by atoms with Crippen LogP contribution in [0.25, 0.3) is 0 Å². The Kier molecular flexibility index (Phi) is 10.4. The number of carboxylic acid groups (broad SMARTS) is 1. The van der Waals surface area contributed by atoms with E-state index >= 15 is 0 Å². The van der Waals surface area contributed by atoms with Crippen molar-refractivity contribution in [3.63, 3.8) is 0 Å². The number of fused-ring (bicyclic) bond motifs is 1. The van der Waals surface area contributed by atoms with Crippen molar-refractivity contribution < 1.29 is 43.2 Å². The zero-order valence-electron chi connectivity index (χ0n) is 25.6. The van der Waals surface area contributed by atoms with Crippen molar-refractivity contribution in [3.8, 4) is 11.5 Å². The minimum Gasteiger partial charge on any atom is -0.493 e. The number of esters is 1. The molecule has 45 heavy (non-hydrogen) atoms. The molecule has 2 amide bonds. The van der Waals surface area contributed by atoms with Gasteiger partial charge in [0.05, 0.1) is 32.8 Å². The van der Waals surface area contributed by atoms with Gasteiger partial charge in [-0.15, -0.1) is 0 Å². The number of nitrogens with zero attached hydrogens (tertiary/aromatic N) is 1. The van der Waals surface area contributed by atoms with Gasteiger partial charge < -0.3 is 34.3 Å². The van der Waals surface area contributed by atoms with Crippen molar-refractivity contribution in [1.29, 1.82) is 0 Å². The van der Waals surface area contributed by atoms with E-state index in [0.717, 1.165) is 0 Å². The van der Waals surface area contributed by atoms with E-state index in [1.54, 1.807) is 42.5 Å². The van der Waals surface area contributed by atoms with Gasteiger partial charge in [-0.3, -0.25) is 14.4 Å². The van der Waals surface area contributed by atoms with Crippen molar-refractivity contribution in [3.05, 3.63) is 82.4 Å². The number of rotatable bonds is 11. The first-order valence-electron chi connectivity index (χ1n) is 14.1. The van der Waals surface area contributed by atoms with Crippen molar-refractivity contribution in [2.24, 2.45) is 5.41 Å². The first-order chi connectivity index (χ1) is 21.3. The van der Waals surface area contributed by atoms with Crippen LogP contribution < -0.4 is 19.7 Å². The number of carboxylic acids is 1. The fraction of sp³-hybridized carbons (Fsp3) is 0.333. The summed E-state index contributed by atoms with van der Waals surface area (Å²) in [5.41, 5.74) is 1.12. The molecule has 0 fully saturated rings. The molecule has 0 aliphatic carbocycles. The van der Waals surface area contributed by atoms with Gasteiger partial charge in [0.25, 0.3) is 5.91 Å². The lowest BCUT2D eigenvalue weighted by atomic mass is 9.92. The molecular formula is C33H35ClN2O9. The molecule has 0 saturated carbocycles. The summed E-state index contributed by atoms with van der Waals surface area (Å²) in [7, 11) is 2.99. The zero-order valence-corrected chi connectivity index (χ0v) is 26.3. The average molecular weight is 639 g/mol. The Morgan fingerprint density at radius 2 is 1.76 bits per heavy atom. The Labute approximate surface area is 266 Å². The molecule has 0 spiro atoms. The van der Waals surface area contributed by atoms with Crippen molar-refractivity contribution in [1.82, 2.24) is 0 Å². The molecule has 3 aromatic rings. The summed E-state index contributed by atoms with van der Waals surface area (Å²) in [6, 6.07) is 16.1. The van der Waals surface area contributed by atoms with Gasteiger partial charge in [0, 0.05) is 46.4 Å². The van der Waals surface area contributed by atoms with Gasteiger partial charge in [0.2, 0.25) is 5.91 Å². The lowest BCUT2D eigenvalue weighted by Gasteiger charge is -2.33. The number of amides is 2. The summed E-state index contributed by atoms with van der Waals surface area (Å²) in [4.78, 5) is 52.2. The standard InChI is InChI=1S/C33H35ClN2O9/c1-19(37)44-18-33(2,3)17-36-25-13-12-21(34)15-24(25)29(23-10-7-11-26(42-4)30(23)43-5)45-27(31(36)39)16-28(38)35-22-9-6-8-20(14-22)32(40)41/h6-15,27,29H,16-18H2,1-5H3,(H,35,38)(H,40,41)/t27-,29-/m1/s1. The van der Waals surface area contributed by atoms with Crippen LogP contribution in [0, 0.1) is 5.41 Å². The van der Waals surface area contributed by atoms with Crippen LogP contribution in [0.5, 0.6) is 11.5 Å². The van der Waals surface area contributed by atoms with E-state index in [2.05, 4.69) is 5.32 Å². The molecule has 12 heteroatoms. The number of carbonyl (C=O) groups is 4. The minimum absolute atomic E-state index is 0.00621. The third-order valence-electron chi connectivity index (χ3n) is 7.14. The molecular weight excluding hydrogens is 604 g/mol. The summed E-state index contributed by atoms with van der Waals surface area (Å²) in [5.74, 6) is -1.87. The highest BCUT2D eigenvalue weighted by Crippen LogP contribution is 2.45. The molecule has 0 bridgehead atoms. The summed E-state index contributed by atoms with van der Waals surface area (Å²) < 4.78 is 23.0. The summed E-state index contributed by atoms with van der Waals surface area (Å²) in [5, 5.41) is 12.4. The predicted octanol–water partition coefficient (Wildman–Crippen LogP) is 5.49. The number of anilines is 2. The molecule has 3 aromatic carbocycles. The van der Waals surface area contributed by atoms with Crippen LogP contribution >= 0.6 is 11.6 Å². The third-order valence-corrected chi connectivity index (χ3v) is 7.37. The van der Waals surface area contributed by atoms with Crippen LogP contribution in [0.4, 0.5) is 11.4 Å². The summed E-state index contributed by atoms with van der Waals surface area (Å²) in [6.45, 7) is 5.16. The van der Waals surface area contributed by atoms with Gasteiger partial charge in [-0.25, -0.2) is 4.79 Å². The molecule has 0 aromatic heterocycles. The Bertz CT molecular complexity index is 1610. The molecule has 238 valence electrons. The molecule has 0 radical (unpaired) electrons. The van der Waals surface area contributed by atoms with E-state index in [0.29, 0.717) is 33.3 Å². The maximum atomic E-state index is 14.3. The lowest BCUT2D eigenvalue weighted by Crippen LogP contribution is -2.46. The van der Waals surface area contributed by atoms with E-state index in [9.17, 15) is 24.3 Å². The maximum Gasteiger partial charge on any atom is 0.335 e. The highest BCUT2D eigenvalue weighted by atomic mass is 35.5. The van der Waals surface area contributed by atoms with E-state index in [4.69, 9.17) is 30.5 Å². The minimum atomic E-state index is -1.30. The second kappa shape index (κ2) is 14.0. The topological polar surface area (TPSA) is 141 Å². The number of halogens is 1. The molecule has 1 heterocycles. The number of aromatic carboxylic acids is 1. The summed E-state index contributed by atoms with van der Waals surface area (Å²) >= 11 is 6.48. The number of para-hydroxylation sites is 1. The SMILES string of the molecule is COc1cccc([C@H]2O[C@H](CC(=O)Nc3cccc(C(=O)O)c3)C(=O)N(CC(C)(C)COC(C)=O)c3ccc(Cl)cc32)c1OC. The van der Waals surface area contributed by atoms with Crippen LogP contribution in [-0.2, 0) is 23.9 Å². The van der Waals surface area contributed by atoms with Crippen LogP contribution in [-0.4, -0.2) is 62.3 Å². The number of nitrogens with one attached hydrogen (secondary N) is 1. The molecule has 1 aliphatic rings. The number of carbonyl (C=O) groups excluding carboxylic acids is 3. The molecule has 4 rings (SSSR count). The summed E-state index contributed by atoms with van der Waals surface area (Å²) in [6.07, 6.45) is -2.63. The molecule has 11 nitrogen and oxygen atoms in total. The van der Waals surface area contributed by atoms with Gasteiger partial charge >= 0.3 is 11.9 Å². The first kappa shape index (κ1) is 33.3. The number of methoxy groups -OCH3 is 2. The number of benzene rings is 3. The smallest absolute Gasteiger partial charge is 0.335 e. The Morgan fingerprint density at radius 1 is 1.02 bits per heavy atom. The van der Waals surface area contributed by atoms with E-state index in [1.165, 1.54) is 44.2 Å². The number of hydrogen-bond donors (Lipinski definition) is 2. The average Bonchev–Trinajstić information content (AvgIpc) is 3.09. The Hall–Kier alpha value is -4.61. The normalized spacial score (nSPS) is 16.3. The number of ether oxygens (including phenoxy) is 4.